The molecule has 1 aliphatic rings. The molecule has 4 nitrogen and oxygen atoms in total. The van der Waals surface area contributed by atoms with Crippen molar-refractivity contribution in [2.75, 3.05) is 13.1 Å². The third-order valence-corrected chi connectivity index (χ3v) is 5.44. The quantitative estimate of drug-likeness (QED) is 0.606. The zero-order valence-electron chi connectivity index (χ0n) is 16.4. The van der Waals surface area contributed by atoms with Gasteiger partial charge >= 0.3 is 0 Å². The van der Waals surface area contributed by atoms with Gasteiger partial charge < -0.3 is 14.5 Å². The summed E-state index contributed by atoms with van der Waals surface area (Å²) in [6.07, 6.45) is 1.20. The molecule has 1 N–H and O–H groups in total. The number of nitrogens with one attached hydrogen (secondary N) is 1. The number of oxazole rings is 1. The summed E-state index contributed by atoms with van der Waals surface area (Å²) in [6, 6.07) is 18.4. The van der Waals surface area contributed by atoms with Gasteiger partial charge in [-0.25, -0.2) is 4.98 Å². The molecule has 1 aromatic heterocycles. The van der Waals surface area contributed by atoms with Crippen molar-refractivity contribution >= 4 is 12.4 Å². The highest BCUT2D eigenvalue weighted by Gasteiger charge is 2.27. The fourth-order valence-electron chi connectivity index (χ4n) is 3.80. The number of aryl methyl sites for hydroxylation is 1. The van der Waals surface area contributed by atoms with E-state index in [9.17, 15) is 0 Å². The molecule has 0 saturated carbocycles. The van der Waals surface area contributed by atoms with Crippen LogP contribution in [0.15, 0.2) is 59.0 Å². The highest BCUT2D eigenvalue weighted by atomic mass is 35.5. The first-order valence-electron chi connectivity index (χ1n) is 9.69. The normalized spacial score (nSPS) is 18.6. The van der Waals surface area contributed by atoms with Gasteiger partial charge in [-0.15, -0.1) is 12.4 Å². The third kappa shape index (κ3) is 4.40. The second-order valence-electron chi connectivity index (χ2n) is 7.18. The summed E-state index contributed by atoms with van der Waals surface area (Å²) in [5.74, 6) is 3.60. The maximum atomic E-state index is 6.05. The number of aromatic nitrogens is 1. The van der Waals surface area contributed by atoms with Crippen molar-refractivity contribution in [2.45, 2.75) is 32.8 Å². The van der Waals surface area contributed by atoms with Crippen LogP contribution in [0.1, 0.15) is 36.3 Å². The molecule has 0 spiro atoms. The summed E-state index contributed by atoms with van der Waals surface area (Å²) in [5.41, 5.74) is 3.17. The van der Waals surface area contributed by atoms with Crippen molar-refractivity contribution in [1.82, 2.24) is 10.3 Å². The molecular formula is C23H27ClN2O2. The third-order valence-electron chi connectivity index (χ3n) is 5.44. The van der Waals surface area contributed by atoms with Gasteiger partial charge in [-0.1, -0.05) is 43.7 Å². The molecular weight excluding hydrogens is 372 g/mol. The van der Waals surface area contributed by atoms with Crippen LogP contribution < -0.4 is 10.1 Å². The molecule has 3 aromatic rings. The average Bonchev–Trinajstić information content (AvgIpc) is 3.34. The summed E-state index contributed by atoms with van der Waals surface area (Å²) in [6.45, 7) is 6.76. The van der Waals surface area contributed by atoms with Crippen molar-refractivity contribution in [1.29, 1.82) is 0 Å². The van der Waals surface area contributed by atoms with E-state index in [0.29, 0.717) is 24.3 Å². The van der Waals surface area contributed by atoms with Crippen LogP contribution >= 0.6 is 12.4 Å². The van der Waals surface area contributed by atoms with Gasteiger partial charge in [0.2, 0.25) is 5.89 Å². The largest absolute Gasteiger partial charge is 0.487 e. The van der Waals surface area contributed by atoms with E-state index in [4.69, 9.17) is 9.15 Å². The van der Waals surface area contributed by atoms with E-state index in [2.05, 4.69) is 35.4 Å². The minimum absolute atomic E-state index is 0. The first kappa shape index (κ1) is 20.4. The van der Waals surface area contributed by atoms with Gasteiger partial charge in [-0.3, -0.25) is 0 Å². The smallest absolute Gasteiger partial charge is 0.226 e. The number of ether oxygens (including phenoxy) is 1. The second-order valence-corrected chi connectivity index (χ2v) is 7.18. The average molecular weight is 399 g/mol. The lowest BCUT2D eigenvalue weighted by molar-refractivity contribution is 0.299. The van der Waals surface area contributed by atoms with Crippen LogP contribution in [0.25, 0.3) is 11.5 Å². The maximum Gasteiger partial charge on any atom is 0.226 e. The number of halogens is 1. The Bertz CT molecular complexity index is 895. The van der Waals surface area contributed by atoms with Gasteiger partial charge in [0.25, 0.3) is 0 Å². The van der Waals surface area contributed by atoms with Gasteiger partial charge in [0.05, 0.1) is 0 Å². The lowest BCUT2D eigenvalue weighted by atomic mass is 9.87. The number of nitrogens with zero attached hydrogens (tertiary/aromatic N) is 1. The van der Waals surface area contributed by atoms with Crippen LogP contribution in [0.5, 0.6) is 5.75 Å². The van der Waals surface area contributed by atoms with Crippen molar-refractivity contribution in [3.8, 4) is 17.2 Å². The fourth-order valence-corrected chi connectivity index (χ4v) is 3.80. The summed E-state index contributed by atoms with van der Waals surface area (Å²) in [7, 11) is 0. The molecule has 0 radical (unpaired) electrons. The number of hydrogen-bond acceptors (Lipinski definition) is 4. The van der Waals surface area contributed by atoms with E-state index in [1.807, 2.05) is 43.3 Å². The Morgan fingerprint density at radius 2 is 1.93 bits per heavy atom. The highest BCUT2D eigenvalue weighted by Crippen LogP contribution is 2.32. The van der Waals surface area contributed by atoms with Crippen molar-refractivity contribution in [3.63, 3.8) is 0 Å². The SMILES string of the molecule is CC[C@H]1CNC[C@H]1c1cccc(OCc2nc(-c3ccccc3)oc2C)c1.Cl. The van der Waals surface area contributed by atoms with Crippen LogP contribution in [-0.2, 0) is 6.61 Å². The van der Waals surface area contributed by atoms with Crippen molar-refractivity contribution < 1.29 is 9.15 Å². The van der Waals surface area contributed by atoms with Gasteiger partial charge in [-0.2, -0.15) is 0 Å². The summed E-state index contributed by atoms with van der Waals surface area (Å²) in [4.78, 5) is 4.62. The van der Waals surface area contributed by atoms with Gasteiger partial charge in [0.1, 0.15) is 23.8 Å². The van der Waals surface area contributed by atoms with E-state index in [1.54, 1.807) is 0 Å². The maximum absolute atomic E-state index is 6.05. The molecule has 4 rings (SSSR count). The molecule has 0 bridgehead atoms. The molecule has 1 aliphatic heterocycles. The minimum Gasteiger partial charge on any atom is -0.487 e. The second kappa shape index (κ2) is 9.26. The highest BCUT2D eigenvalue weighted by molar-refractivity contribution is 5.85. The molecule has 1 saturated heterocycles. The molecule has 148 valence electrons. The molecule has 28 heavy (non-hydrogen) atoms. The molecule has 2 heterocycles. The van der Waals surface area contributed by atoms with Crippen LogP contribution in [-0.4, -0.2) is 18.1 Å². The van der Waals surface area contributed by atoms with Crippen molar-refractivity contribution in [2.24, 2.45) is 5.92 Å². The zero-order valence-corrected chi connectivity index (χ0v) is 17.2. The molecule has 2 atom stereocenters. The van der Waals surface area contributed by atoms with E-state index in [1.165, 1.54) is 12.0 Å². The fraction of sp³-hybridized carbons (Fsp3) is 0.348. The van der Waals surface area contributed by atoms with Crippen LogP contribution in [0, 0.1) is 12.8 Å². The standard InChI is InChI=1S/C23H26N2O2.ClH/c1-3-17-13-24-14-21(17)19-10-7-11-20(12-19)26-15-22-16(2)27-23(25-22)18-8-5-4-6-9-18;/h4-12,17,21,24H,3,13-15H2,1-2H3;1H/t17-,21+;/m0./s1. The molecule has 1 fully saturated rings. The van der Waals surface area contributed by atoms with Crippen LogP contribution in [0.2, 0.25) is 0 Å². The lowest BCUT2D eigenvalue weighted by Gasteiger charge is -2.18. The Kier molecular flexibility index (Phi) is 6.76. The Hall–Kier alpha value is -2.30. The molecule has 0 amide bonds. The predicted molar refractivity (Wildman–Crippen MR) is 114 cm³/mol. The Morgan fingerprint density at radius 1 is 1.11 bits per heavy atom. The van der Waals surface area contributed by atoms with Gasteiger partial charge in [0.15, 0.2) is 0 Å². The molecule has 0 aliphatic carbocycles. The van der Waals surface area contributed by atoms with Crippen LogP contribution in [0.3, 0.4) is 0 Å². The number of benzene rings is 2. The Labute approximate surface area is 172 Å². The molecule has 0 unspecified atom stereocenters. The molecule has 2 aromatic carbocycles. The van der Waals surface area contributed by atoms with Crippen molar-refractivity contribution in [3.05, 3.63) is 71.6 Å². The predicted octanol–water partition coefficient (Wildman–Crippen LogP) is 5.36. The monoisotopic (exact) mass is 398 g/mol. The number of rotatable bonds is 6. The van der Waals surface area contributed by atoms with Gasteiger partial charge in [0, 0.05) is 18.0 Å². The van der Waals surface area contributed by atoms with Gasteiger partial charge in [-0.05, 0) is 49.2 Å². The topological polar surface area (TPSA) is 47.3 Å². The summed E-state index contributed by atoms with van der Waals surface area (Å²) in [5, 5.41) is 3.51. The number of hydrogen-bond donors (Lipinski definition) is 1. The Balaban J connectivity index is 0.00000225. The first-order chi connectivity index (χ1) is 13.2. The Morgan fingerprint density at radius 3 is 2.71 bits per heavy atom. The molecule has 5 heteroatoms. The summed E-state index contributed by atoms with van der Waals surface area (Å²) < 4.78 is 11.9. The zero-order chi connectivity index (χ0) is 18.6. The lowest BCUT2D eigenvalue weighted by Crippen LogP contribution is -2.09. The van der Waals surface area contributed by atoms with E-state index in [0.717, 1.165) is 35.9 Å². The van der Waals surface area contributed by atoms with E-state index in [-0.39, 0.29) is 12.4 Å². The minimum atomic E-state index is 0. The van der Waals surface area contributed by atoms with Crippen LogP contribution in [0.4, 0.5) is 0 Å². The first-order valence-corrected chi connectivity index (χ1v) is 9.69. The van der Waals surface area contributed by atoms with E-state index < -0.39 is 0 Å². The summed E-state index contributed by atoms with van der Waals surface area (Å²) >= 11 is 0. The van der Waals surface area contributed by atoms with E-state index >= 15 is 0 Å².